The van der Waals surface area contributed by atoms with Crippen molar-refractivity contribution in [2.24, 2.45) is 0 Å². The first kappa shape index (κ1) is 12.4. The van der Waals surface area contributed by atoms with Crippen molar-refractivity contribution >= 4 is 29.2 Å². The van der Waals surface area contributed by atoms with Crippen LogP contribution in [0.1, 0.15) is 6.92 Å². The van der Waals surface area contributed by atoms with Crippen LogP contribution >= 0.6 is 11.6 Å². The van der Waals surface area contributed by atoms with Crippen molar-refractivity contribution in [3.63, 3.8) is 0 Å². The van der Waals surface area contributed by atoms with Crippen LogP contribution < -0.4 is 10.3 Å². The van der Waals surface area contributed by atoms with E-state index in [2.05, 4.69) is 4.74 Å². The molecule has 0 bridgehead atoms. The SMILES string of the molecule is CCOC(=O)C(=O)C[n+]1ccc(Cl)cc1N. The van der Waals surface area contributed by atoms with Crippen molar-refractivity contribution < 1.29 is 18.9 Å². The van der Waals surface area contributed by atoms with E-state index in [1.807, 2.05) is 0 Å². The molecule has 2 N–H and O–H groups in total. The summed E-state index contributed by atoms with van der Waals surface area (Å²) < 4.78 is 5.99. The van der Waals surface area contributed by atoms with Gasteiger partial charge in [0.05, 0.1) is 17.8 Å². The summed E-state index contributed by atoms with van der Waals surface area (Å²) in [7, 11) is 0. The summed E-state index contributed by atoms with van der Waals surface area (Å²) in [5.41, 5.74) is 5.62. The van der Waals surface area contributed by atoms with E-state index in [0.29, 0.717) is 10.8 Å². The number of pyridine rings is 1. The summed E-state index contributed by atoms with van der Waals surface area (Å²) >= 11 is 5.70. The Hall–Kier alpha value is -1.62. The number of nitrogen functional groups attached to an aromatic ring is 1. The molecule has 0 fully saturated rings. The minimum atomic E-state index is -0.857. The second-order valence-electron chi connectivity index (χ2n) is 3.04. The summed E-state index contributed by atoms with van der Waals surface area (Å²) in [6.07, 6.45) is 1.54. The van der Waals surface area contributed by atoms with Gasteiger partial charge < -0.3 is 4.74 Å². The molecule has 0 aliphatic rings. The number of nitrogens with two attached hydrogens (primary N) is 1. The van der Waals surface area contributed by atoms with Crippen LogP contribution in [0.3, 0.4) is 0 Å². The lowest BCUT2D eigenvalue weighted by Crippen LogP contribution is -2.42. The van der Waals surface area contributed by atoms with Crippen molar-refractivity contribution in [3.8, 4) is 0 Å². The van der Waals surface area contributed by atoms with Crippen LogP contribution in [0.2, 0.25) is 5.02 Å². The van der Waals surface area contributed by atoms with E-state index in [1.54, 1.807) is 13.0 Å². The molecule has 0 unspecified atom stereocenters. The zero-order valence-electron chi connectivity index (χ0n) is 8.77. The summed E-state index contributed by atoms with van der Waals surface area (Å²) in [6.45, 7) is 1.65. The molecule has 16 heavy (non-hydrogen) atoms. The van der Waals surface area contributed by atoms with Crippen molar-refractivity contribution in [2.45, 2.75) is 13.5 Å². The molecule has 6 heteroatoms. The normalized spacial score (nSPS) is 9.88. The third-order valence-corrected chi connectivity index (χ3v) is 2.08. The molecule has 86 valence electrons. The molecule has 0 aliphatic carbocycles. The molecular weight excluding hydrogens is 232 g/mol. The largest absolute Gasteiger partial charge is 0.460 e. The Morgan fingerprint density at radius 2 is 2.25 bits per heavy atom. The van der Waals surface area contributed by atoms with Gasteiger partial charge in [-0.25, -0.2) is 9.36 Å². The molecule has 1 aromatic heterocycles. The standard InChI is InChI=1S/C10H11ClN2O3/c1-2-16-10(15)8(14)6-13-4-3-7(11)5-9(13)12/h3-5,12H,2,6H2,1H3/p+1. The van der Waals surface area contributed by atoms with Gasteiger partial charge in [0, 0.05) is 6.07 Å². The van der Waals surface area contributed by atoms with Gasteiger partial charge >= 0.3 is 5.97 Å². The molecule has 0 radical (unpaired) electrons. The van der Waals surface area contributed by atoms with E-state index in [0.717, 1.165) is 0 Å². The average Bonchev–Trinajstić information content (AvgIpc) is 2.22. The summed E-state index contributed by atoms with van der Waals surface area (Å²) in [6, 6.07) is 3.08. The van der Waals surface area contributed by atoms with Gasteiger partial charge in [0.15, 0.2) is 6.54 Å². The third-order valence-electron chi connectivity index (χ3n) is 1.85. The van der Waals surface area contributed by atoms with Crippen LogP contribution in [0.15, 0.2) is 18.3 Å². The predicted molar refractivity (Wildman–Crippen MR) is 57.7 cm³/mol. The van der Waals surface area contributed by atoms with E-state index in [4.69, 9.17) is 17.3 Å². The quantitative estimate of drug-likeness (QED) is 0.470. The van der Waals surface area contributed by atoms with Gasteiger partial charge in [-0.2, -0.15) is 0 Å². The van der Waals surface area contributed by atoms with Crippen molar-refractivity contribution in [2.75, 3.05) is 12.3 Å². The van der Waals surface area contributed by atoms with Crippen molar-refractivity contribution in [1.29, 1.82) is 0 Å². The first-order valence-electron chi connectivity index (χ1n) is 4.69. The van der Waals surface area contributed by atoms with Crippen LogP contribution in [-0.4, -0.2) is 18.4 Å². The molecule has 1 aromatic rings. The molecule has 0 atom stereocenters. The number of rotatable bonds is 4. The second kappa shape index (κ2) is 5.46. The molecule has 0 spiro atoms. The molecule has 0 saturated heterocycles. The van der Waals surface area contributed by atoms with Gasteiger partial charge in [0.25, 0.3) is 11.6 Å². The van der Waals surface area contributed by atoms with Gasteiger partial charge in [-0.05, 0) is 13.0 Å². The van der Waals surface area contributed by atoms with E-state index < -0.39 is 11.8 Å². The van der Waals surface area contributed by atoms with Gasteiger partial charge in [-0.1, -0.05) is 11.6 Å². The van der Waals surface area contributed by atoms with E-state index in [9.17, 15) is 9.59 Å². The van der Waals surface area contributed by atoms with E-state index in [1.165, 1.54) is 16.8 Å². The Labute approximate surface area is 97.8 Å². The fourth-order valence-corrected chi connectivity index (χ4v) is 1.26. The number of esters is 1. The fourth-order valence-electron chi connectivity index (χ4n) is 1.09. The highest BCUT2D eigenvalue weighted by Gasteiger charge is 2.19. The molecule has 5 nitrogen and oxygen atoms in total. The number of carbonyl (C=O) groups excluding carboxylic acids is 2. The molecule has 1 heterocycles. The number of hydrogen-bond acceptors (Lipinski definition) is 4. The Kier molecular flexibility index (Phi) is 4.25. The number of anilines is 1. The number of carbonyl (C=O) groups is 2. The Morgan fingerprint density at radius 1 is 1.56 bits per heavy atom. The zero-order chi connectivity index (χ0) is 12.1. The second-order valence-corrected chi connectivity index (χ2v) is 3.48. The zero-order valence-corrected chi connectivity index (χ0v) is 9.53. The predicted octanol–water partition coefficient (Wildman–Crippen LogP) is 0.342. The summed E-state index contributed by atoms with van der Waals surface area (Å²) in [5.74, 6) is -1.20. The van der Waals surface area contributed by atoms with Crippen molar-refractivity contribution in [1.82, 2.24) is 0 Å². The van der Waals surface area contributed by atoms with Gasteiger partial charge in [-0.15, -0.1) is 0 Å². The molecule has 0 amide bonds. The Morgan fingerprint density at radius 3 is 2.81 bits per heavy atom. The van der Waals surface area contributed by atoms with Crippen LogP contribution in [0, 0.1) is 0 Å². The maximum atomic E-state index is 11.4. The van der Waals surface area contributed by atoms with E-state index >= 15 is 0 Å². The molecule has 0 aliphatic heterocycles. The molecule has 0 aromatic carbocycles. The number of halogens is 1. The maximum absolute atomic E-state index is 11.4. The summed E-state index contributed by atoms with van der Waals surface area (Å²) in [4.78, 5) is 22.4. The first-order chi connectivity index (χ1) is 7.54. The first-order valence-corrected chi connectivity index (χ1v) is 5.06. The van der Waals surface area contributed by atoms with Crippen LogP contribution in [0.5, 0.6) is 0 Å². The van der Waals surface area contributed by atoms with Crippen LogP contribution in [0.4, 0.5) is 5.82 Å². The Balaban J connectivity index is 2.73. The number of ketones is 1. The minimum absolute atomic E-state index is 0.151. The number of hydrogen-bond donors (Lipinski definition) is 1. The molecule has 0 saturated carbocycles. The average molecular weight is 244 g/mol. The third kappa shape index (κ3) is 3.20. The highest BCUT2D eigenvalue weighted by molar-refractivity contribution is 6.33. The minimum Gasteiger partial charge on any atom is -0.460 e. The maximum Gasteiger partial charge on any atom is 0.378 e. The van der Waals surface area contributed by atoms with Crippen LogP contribution in [0.25, 0.3) is 0 Å². The summed E-state index contributed by atoms with van der Waals surface area (Å²) in [5, 5.41) is 0.470. The fraction of sp³-hybridized carbons (Fsp3) is 0.300. The number of aromatic nitrogens is 1. The lowest BCUT2D eigenvalue weighted by atomic mass is 10.3. The molecule has 1 rings (SSSR count). The van der Waals surface area contributed by atoms with Crippen LogP contribution in [-0.2, 0) is 20.9 Å². The topological polar surface area (TPSA) is 73.3 Å². The van der Waals surface area contributed by atoms with E-state index in [-0.39, 0.29) is 13.2 Å². The Bertz CT molecular complexity index is 421. The lowest BCUT2D eigenvalue weighted by Gasteiger charge is -2.02. The highest BCUT2D eigenvalue weighted by Crippen LogP contribution is 2.07. The van der Waals surface area contributed by atoms with Crippen molar-refractivity contribution in [3.05, 3.63) is 23.4 Å². The number of nitrogens with zero attached hydrogens (tertiary/aromatic N) is 1. The number of ether oxygens (including phenoxy) is 1. The van der Waals surface area contributed by atoms with Gasteiger partial charge in [0.2, 0.25) is 0 Å². The smallest absolute Gasteiger partial charge is 0.378 e. The lowest BCUT2D eigenvalue weighted by molar-refractivity contribution is -0.669. The van der Waals surface area contributed by atoms with Gasteiger partial charge in [0.1, 0.15) is 0 Å². The molecular formula is C10H12ClN2O3+. The number of Topliss-reactive ketones (excluding diaryl/α,β-unsaturated/α-hetero) is 1. The monoisotopic (exact) mass is 243 g/mol. The highest BCUT2D eigenvalue weighted by atomic mass is 35.5. The van der Waals surface area contributed by atoms with Gasteiger partial charge in [-0.3, -0.25) is 10.5 Å².